The van der Waals surface area contributed by atoms with Crippen molar-refractivity contribution in [1.29, 1.82) is 0 Å². The summed E-state index contributed by atoms with van der Waals surface area (Å²) >= 11 is 11.6. The van der Waals surface area contributed by atoms with Crippen LogP contribution in [-0.4, -0.2) is 4.98 Å². The van der Waals surface area contributed by atoms with Gasteiger partial charge in [-0.05, 0) is 30.7 Å². The monoisotopic (exact) mass is 285 g/mol. The molecule has 2 aromatic rings. The summed E-state index contributed by atoms with van der Waals surface area (Å²) in [5, 5.41) is 0.410. The Balaban J connectivity index is 2.34. The first-order valence-electron chi connectivity index (χ1n) is 5.25. The molecule has 0 saturated heterocycles. The Morgan fingerprint density at radius 2 is 2.11 bits per heavy atom. The van der Waals surface area contributed by atoms with E-state index >= 15 is 0 Å². The maximum Gasteiger partial charge on any atom is 0.256 e. The van der Waals surface area contributed by atoms with E-state index in [1.165, 1.54) is 12.3 Å². The molecule has 0 amide bonds. The van der Waals surface area contributed by atoms with Gasteiger partial charge < -0.3 is 4.74 Å². The zero-order chi connectivity index (χ0) is 13.1. The first-order valence-corrected chi connectivity index (χ1v) is 6.16. The van der Waals surface area contributed by atoms with Gasteiger partial charge in [0.1, 0.15) is 5.75 Å². The maximum atomic E-state index is 13.9. The lowest BCUT2D eigenvalue weighted by Gasteiger charge is -2.09. The summed E-state index contributed by atoms with van der Waals surface area (Å²) in [5.74, 6) is -0.268. The van der Waals surface area contributed by atoms with Gasteiger partial charge in [-0.1, -0.05) is 17.7 Å². The van der Waals surface area contributed by atoms with Crippen molar-refractivity contribution in [3.63, 3.8) is 0 Å². The number of aromatic nitrogens is 1. The van der Waals surface area contributed by atoms with Gasteiger partial charge in [0.2, 0.25) is 0 Å². The Bertz CT molecular complexity index is 575. The zero-order valence-corrected chi connectivity index (χ0v) is 11.1. The molecule has 2 rings (SSSR count). The van der Waals surface area contributed by atoms with E-state index in [0.29, 0.717) is 16.3 Å². The molecule has 2 nitrogen and oxygen atoms in total. The second-order valence-electron chi connectivity index (χ2n) is 3.76. The van der Waals surface area contributed by atoms with Crippen molar-refractivity contribution in [2.75, 3.05) is 0 Å². The van der Waals surface area contributed by atoms with E-state index < -0.39 is 5.82 Å². The van der Waals surface area contributed by atoms with Crippen molar-refractivity contribution in [2.45, 2.75) is 12.8 Å². The molecule has 1 aromatic carbocycles. The normalized spacial score (nSPS) is 10.4. The van der Waals surface area contributed by atoms with Crippen molar-refractivity contribution < 1.29 is 9.13 Å². The van der Waals surface area contributed by atoms with Crippen LogP contribution in [-0.2, 0) is 5.88 Å². The van der Waals surface area contributed by atoms with Crippen LogP contribution < -0.4 is 4.74 Å². The van der Waals surface area contributed by atoms with Crippen LogP contribution in [0.4, 0.5) is 4.39 Å². The summed E-state index contributed by atoms with van der Waals surface area (Å²) in [4.78, 5) is 3.83. The Morgan fingerprint density at radius 3 is 2.78 bits per heavy atom. The smallest absolute Gasteiger partial charge is 0.256 e. The van der Waals surface area contributed by atoms with Crippen molar-refractivity contribution in [3.8, 4) is 11.6 Å². The van der Waals surface area contributed by atoms with Crippen LogP contribution in [0.2, 0.25) is 5.02 Å². The number of pyridine rings is 1. The quantitative estimate of drug-likeness (QED) is 0.762. The molecular formula is C13H10Cl2FNO. The summed E-state index contributed by atoms with van der Waals surface area (Å²) in [6, 6.07) is 6.74. The fourth-order valence-electron chi connectivity index (χ4n) is 1.43. The number of halogens is 3. The number of aryl methyl sites for hydroxylation is 1. The molecule has 94 valence electrons. The molecule has 0 radical (unpaired) electrons. The van der Waals surface area contributed by atoms with Gasteiger partial charge in [0.25, 0.3) is 5.88 Å². The fraction of sp³-hybridized carbons (Fsp3) is 0.154. The van der Waals surface area contributed by atoms with Crippen molar-refractivity contribution in [2.24, 2.45) is 0 Å². The minimum Gasteiger partial charge on any atom is -0.435 e. The molecule has 1 heterocycles. The first-order chi connectivity index (χ1) is 8.61. The summed E-state index contributed by atoms with van der Waals surface area (Å²) in [7, 11) is 0. The predicted octanol–water partition coefficient (Wildman–Crippen LogP) is 4.71. The molecule has 0 bridgehead atoms. The highest BCUT2D eigenvalue weighted by Crippen LogP contribution is 2.31. The summed E-state index contributed by atoms with van der Waals surface area (Å²) in [5.41, 5.74) is 1.33. The maximum absolute atomic E-state index is 13.9. The van der Waals surface area contributed by atoms with Crippen LogP contribution in [0.1, 0.15) is 11.1 Å². The Labute approximate surface area is 114 Å². The van der Waals surface area contributed by atoms with E-state index in [4.69, 9.17) is 27.9 Å². The SMILES string of the molecule is Cc1ccc(Oc2nccc(CCl)c2F)c(Cl)c1. The van der Waals surface area contributed by atoms with Crippen molar-refractivity contribution >= 4 is 23.2 Å². The summed E-state index contributed by atoms with van der Waals surface area (Å²) in [6.45, 7) is 1.91. The van der Waals surface area contributed by atoms with Gasteiger partial charge in [-0.3, -0.25) is 0 Å². The van der Waals surface area contributed by atoms with Gasteiger partial charge >= 0.3 is 0 Å². The average molecular weight is 286 g/mol. The number of nitrogens with zero attached hydrogens (tertiary/aromatic N) is 1. The number of rotatable bonds is 3. The van der Waals surface area contributed by atoms with E-state index in [1.807, 2.05) is 13.0 Å². The molecule has 0 unspecified atom stereocenters. The van der Waals surface area contributed by atoms with Gasteiger partial charge in [0.05, 0.1) is 10.9 Å². The van der Waals surface area contributed by atoms with Gasteiger partial charge in [-0.25, -0.2) is 9.37 Å². The highest BCUT2D eigenvalue weighted by molar-refractivity contribution is 6.32. The lowest BCUT2D eigenvalue weighted by molar-refractivity contribution is 0.420. The highest BCUT2D eigenvalue weighted by atomic mass is 35.5. The summed E-state index contributed by atoms with van der Waals surface area (Å²) in [6.07, 6.45) is 1.44. The molecule has 0 aliphatic heterocycles. The Kier molecular flexibility index (Phi) is 4.04. The largest absolute Gasteiger partial charge is 0.435 e. The molecule has 1 aromatic heterocycles. The number of hydrogen-bond acceptors (Lipinski definition) is 2. The predicted molar refractivity (Wildman–Crippen MR) is 70.0 cm³/mol. The van der Waals surface area contributed by atoms with E-state index in [0.717, 1.165) is 5.56 Å². The molecule has 0 fully saturated rings. The van der Waals surface area contributed by atoms with Crippen LogP contribution in [0.15, 0.2) is 30.5 Å². The molecule has 0 aliphatic carbocycles. The Morgan fingerprint density at radius 1 is 1.33 bits per heavy atom. The van der Waals surface area contributed by atoms with E-state index in [-0.39, 0.29) is 11.8 Å². The van der Waals surface area contributed by atoms with E-state index in [9.17, 15) is 4.39 Å². The topological polar surface area (TPSA) is 22.1 Å². The molecule has 18 heavy (non-hydrogen) atoms. The van der Waals surface area contributed by atoms with Crippen LogP contribution in [0, 0.1) is 12.7 Å². The zero-order valence-electron chi connectivity index (χ0n) is 9.58. The Hall–Kier alpha value is -1.32. The third-order valence-electron chi connectivity index (χ3n) is 2.38. The number of benzene rings is 1. The minimum atomic E-state index is -0.566. The molecule has 0 atom stereocenters. The molecule has 0 saturated carbocycles. The van der Waals surface area contributed by atoms with Crippen molar-refractivity contribution in [1.82, 2.24) is 4.98 Å². The van der Waals surface area contributed by atoms with Gasteiger partial charge in [0, 0.05) is 11.8 Å². The van der Waals surface area contributed by atoms with Crippen LogP contribution in [0.3, 0.4) is 0 Å². The average Bonchev–Trinajstić information content (AvgIpc) is 2.35. The number of hydrogen-bond donors (Lipinski definition) is 0. The van der Waals surface area contributed by atoms with Gasteiger partial charge in [-0.2, -0.15) is 0 Å². The van der Waals surface area contributed by atoms with Crippen LogP contribution in [0.5, 0.6) is 11.6 Å². The summed E-state index contributed by atoms with van der Waals surface area (Å²) < 4.78 is 19.2. The molecular weight excluding hydrogens is 276 g/mol. The number of ether oxygens (including phenoxy) is 1. The van der Waals surface area contributed by atoms with Crippen LogP contribution >= 0.6 is 23.2 Å². The van der Waals surface area contributed by atoms with E-state index in [2.05, 4.69) is 4.98 Å². The third kappa shape index (κ3) is 2.74. The standard InChI is InChI=1S/C13H10Cl2FNO/c1-8-2-3-11(10(15)6-8)18-13-12(16)9(7-14)4-5-17-13/h2-6H,7H2,1H3. The van der Waals surface area contributed by atoms with E-state index in [1.54, 1.807) is 12.1 Å². The lowest BCUT2D eigenvalue weighted by Crippen LogP contribution is -1.96. The highest BCUT2D eigenvalue weighted by Gasteiger charge is 2.12. The molecule has 0 aliphatic rings. The second kappa shape index (κ2) is 5.55. The third-order valence-corrected chi connectivity index (χ3v) is 2.96. The minimum absolute atomic E-state index is 0.0618. The fourth-order valence-corrected chi connectivity index (χ4v) is 1.91. The van der Waals surface area contributed by atoms with Gasteiger partial charge in [-0.15, -0.1) is 11.6 Å². The van der Waals surface area contributed by atoms with Crippen molar-refractivity contribution in [3.05, 3.63) is 52.4 Å². The van der Waals surface area contributed by atoms with Crippen LogP contribution in [0.25, 0.3) is 0 Å². The van der Waals surface area contributed by atoms with Gasteiger partial charge in [0.15, 0.2) is 5.82 Å². The molecule has 0 spiro atoms. The lowest BCUT2D eigenvalue weighted by atomic mass is 10.2. The molecule has 0 N–H and O–H groups in total. The second-order valence-corrected chi connectivity index (χ2v) is 4.43. The number of alkyl halides is 1. The molecule has 5 heteroatoms. The first kappa shape index (κ1) is 13.1.